The van der Waals surface area contributed by atoms with Crippen LogP contribution in [0.3, 0.4) is 0 Å². The molecule has 1 rings (SSSR count). The monoisotopic (exact) mass is 192 g/mol. The van der Waals surface area contributed by atoms with Gasteiger partial charge < -0.3 is 14.9 Å². The number of hydrogen-bond acceptors (Lipinski definition) is 4. The number of hydrogen-bond donors (Lipinski definition) is 2. The minimum absolute atomic E-state index is 0.140. The standard InChI is InChI=1S/C8H16O3S/c9-4-7(10)5-12-6-8-2-1-3-11-8/h7-10H,1-6H2. The summed E-state index contributed by atoms with van der Waals surface area (Å²) in [4.78, 5) is 0. The zero-order valence-corrected chi connectivity index (χ0v) is 7.92. The fraction of sp³-hybridized carbons (Fsp3) is 1.00. The molecule has 0 aromatic carbocycles. The maximum atomic E-state index is 9.02. The molecule has 0 bridgehead atoms. The van der Waals surface area contributed by atoms with Crippen molar-refractivity contribution in [1.82, 2.24) is 0 Å². The van der Waals surface area contributed by atoms with Gasteiger partial charge in [-0.15, -0.1) is 0 Å². The van der Waals surface area contributed by atoms with Crippen molar-refractivity contribution < 1.29 is 14.9 Å². The van der Waals surface area contributed by atoms with E-state index in [4.69, 9.17) is 14.9 Å². The Bertz CT molecular complexity index is 115. The molecule has 1 heterocycles. The van der Waals surface area contributed by atoms with Crippen molar-refractivity contribution in [2.45, 2.75) is 25.0 Å². The molecule has 2 N–H and O–H groups in total. The summed E-state index contributed by atoms with van der Waals surface area (Å²) in [6.07, 6.45) is 2.10. The van der Waals surface area contributed by atoms with E-state index in [-0.39, 0.29) is 6.61 Å². The third-order valence-electron chi connectivity index (χ3n) is 1.85. The van der Waals surface area contributed by atoms with Gasteiger partial charge in [0.25, 0.3) is 0 Å². The third kappa shape index (κ3) is 3.76. The van der Waals surface area contributed by atoms with Gasteiger partial charge in [-0.25, -0.2) is 0 Å². The van der Waals surface area contributed by atoms with Crippen LogP contribution in [0.15, 0.2) is 0 Å². The van der Waals surface area contributed by atoms with Gasteiger partial charge in [-0.1, -0.05) is 0 Å². The van der Waals surface area contributed by atoms with E-state index in [0.29, 0.717) is 11.9 Å². The van der Waals surface area contributed by atoms with Gasteiger partial charge in [-0.3, -0.25) is 0 Å². The molecular weight excluding hydrogens is 176 g/mol. The summed E-state index contributed by atoms with van der Waals surface area (Å²) < 4.78 is 5.40. The highest BCUT2D eigenvalue weighted by atomic mass is 32.2. The van der Waals surface area contributed by atoms with Crippen LogP contribution in [0.5, 0.6) is 0 Å². The van der Waals surface area contributed by atoms with Gasteiger partial charge in [0.05, 0.1) is 18.8 Å². The second kappa shape index (κ2) is 5.80. The quantitative estimate of drug-likeness (QED) is 0.655. The van der Waals surface area contributed by atoms with E-state index in [9.17, 15) is 0 Å². The molecule has 1 aliphatic heterocycles. The Labute approximate surface area is 77.1 Å². The number of thioether (sulfide) groups is 1. The molecule has 2 atom stereocenters. The SMILES string of the molecule is OCC(O)CSCC1CCCO1. The Balaban J connectivity index is 1.94. The van der Waals surface area contributed by atoms with Crippen molar-refractivity contribution in [2.24, 2.45) is 0 Å². The fourth-order valence-electron chi connectivity index (χ4n) is 1.16. The topological polar surface area (TPSA) is 49.7 Å². The van der Waals surface area contributed by atoms with Crippen molar-refractivity contribution in [1.29, 1.82) is 0 Å². The van der Waals surface area contributed by atoms with Crippen molar-refractivity contribution in [3.05, 3.63) is 0 Å². The van der Waals surface area contributed by atoms with Crippen molar-refractivity contribution in [3.8, 4) is 0 Å². The molecule has 0 radical (unpaired) electrons. The maximum absolute atomic E-state index is 9.02. The lowest BCUT2D eigenvalue weighted by Crippen LogP contribution is -2.17. The van der Waals surface area contributed by atoms with E-state index in [2.05, 4.69) is 0 Å². The van der Waals surface area contributed by atoms with Gasteiger partial charge in [0.1, 0.15) is 0 Å². The summed E-state index contributed by atoms with van der Waals surface area (Å²) in [5.74, 6) is 1.55. The average Bonchev–Trinajstić information content (AvgIpc) is 2.57. The Morgan fingerprint density at radius 1 is 1.58 bits per heavy atom. The summed E-state index contributed by atoms with van der Waals surface area (Å²) in [7, 11) is 0. The molecule has 72 valence electrons. The normalized spacial score (nSPS) is 26.0. The molecule has 0 amide bonds. The summed E-state index contributed by atoms with van der Waals surface area (Å²) in [5, 5.41) is 17.6. The van der Waals surface area contributed by atoms with E-state index in [0.717, 1.165) is 25.2 Å². The van der Waals surface area contributed by atoms with Crippen molar-refractivity contribution in [3.63, 3.8) is 0 Å². The molecule has 1 fully saturated rings. The van der Waals surface area contributed by atoms with E-state index in [1.54, 1.807) is 11.8 Å². The van der Waals surface area contributed by atoms with Gasteiger partial charge in [0.2, 0.25) is 0 Å². The van der Waals surface area contributed by atoms with Crippen LogP contribution in [0.1, 0.15) is 12.8 Å². The van der Waals surface area contributed by atoms with E-state index >= 15 is 0 Å². The smallest absolute Gasteiger partial charge is 0.0861 e. The van der Waals surface area contributed by atoms with Crippen LogP contribution in [-0.2, 0) is 4.74 Å². The molecule has 0 spiro atoms. The maximum Gasteiger partial charge on any atom is 0.0861 e. The number of aliphatic hydroxyl groups excluding tert-OH is 2. The van der Waals surface area contributed by atoms with Crippen LogP contribution in [0.2, 0.25) is 0 Å². The predicted octanol–water partition coefficient (Wildman–Crippen LogP) is 0.252. The van der Waals surface area contributed by atoms with Gasteiger partial charge in [-0.2, -0.15) is 11.8 Å². The molecule has 3 nitrogen and oxygen atoms in total. The molecule has 0 saturated carbocycles. The lowest BCUT2D eigenvalue weighted by atomic mass is 10.3. The van der Waals surface area contributed by atoms with Crippen molar-refractivity contribution in [2.75, 3.05) is 24.7 Å². The Hall–Kier alpha value is 0.230. The minimum Gasteiger partial charge on any atom is -0.394 e. The molecule has 1 saturated heterocycles. The van der Waals surface area contributed by atoms with E-state index < -0.39 is 6.10 Å². The van der Waals surface area contributed by atoms with Crippen LogP contribution >= 0.6 is 11.8 Å². The molecule has 4 heteroatoms. The Morgan fingerprint density at radius 2 is 2.42 bits per heavy atom. The van der Waals surface area contributed by atoms with E-state index in [1.807, 2.05) is 0 Å². The predicted molar refractivity (Wildman–Crippen MR) is 49.4 cm³/mol. The van der Waals surface area contributed by atoms with E-state index in [1.165, 1.54) is 0 Å². The van der Waals surface area contributed by atoms with Crippen molar-refractivity contribution >= 4 is 11.8 Å². The van der Waals surface area contributed by atoms with Crippen LogP contribution in [-0.4, -0.2) is 47.1 Å². The van der Waals surface area contributed by atoms with Gasteiger partial charge in [0, 0.05) is 18.1 Å². The van der Waals surface area contributed by atoms with Crippen LogP contribution in [0.25, 0.3) is 0 Å². The second-order valence-electron chi connectivity index (χ2n) is 3.01. The average molecular weight is 192 g/mol. The lowest BCUT2D eigenvalue weighted by Gasteiger charge is -2.10. The first-order valence-corrected chi connectivity index (χ1v) is 5.46. The third-order valence-corrected chi connectivity index (χ3v) is 3.08. The zero-order chi connectivity index (χ0) is 8.81. The molecular formula is C8H16O3S. The molecule has 0 aromatic rings. The first-order chi connectivity index (χ1) is 5.83. The largest absolute Gasteiger partial charge is 0.394 e. The molecule has 0 aromatic heterocycles. The first-order valence-electron chi connectivity index (χ1n) is 4.31. The molecule has 0 aliphatic carbocycles. The van der Waals surface area contributed by atoms with Crippen LogP contribution < -0.4 is 0 Å². The highest BCUT2D eigenvalue weighted by Crippen LogP contribution is 2.17. The highest BCUT2D eigenvalue weighted by Gasteiger charge is 2.15. The van der Waals surface area contributed by atoms with Gasteiger partial charge in [-0.05, 0) is 12.8 Å². The summed E-state index contributed by atoms with van der Waals surface area (Å²) in [6, 6.07) is 0. The Kier molecular flexibility index (Phi) is 4.99. The summed E-state index contributed by atoms with van der Waals surface area (Å²) in [5.41, 5.74) is 0. The molecule has 12 heavy (non-hydrogen) atoms. The van der Waals surface area contributed by atoms with Gasteiger partial charge >= 0.3 is 0 Å². The second-order valence-corrected chi connectivity index (χ2v) is 4.08. The summed E-state index contributed by atoms with van der Waals surface area (Å²) in [6.45, 7) is 0.742. The molecule has 2 unspecified atom stereocenters. The van der Waals surface area contributed by atoms with Crippen LogP contribution in [0.4, 0.5) is 0 Å². The number of ether oxygens (including phenoxy) is 1. The zero-order valence-electron chi connectivity index (χ0n) is 7.11. The number of rotatable bonds is 5. The van der Waals surface area contributed by atoms with Gasteiger partial charge in [0.15, 0.2) is 0 Å². The Morgan fingerprint density at radius 3 is 3.00 bits per heavy atom. The van der Waals surface area contributed by atoms with Crippen LogP contribution in [0, 0.1) is 0 Å². The lowest BCUT2D eigenvalue weighted by molar-refractivity contribution is 0.112. The number of aliphatic hydroxyl groups is 2. The highest BCUT2D eigenvalue weighted by molar-refractivity contribution is 7.99. The summed E-state index contributed by atoms with van der Waals surface area (Å²) >= 11 is 1.65. The fourth-order valence-corrected chi connectivity index (χ4v) is 2.20. The first kappa shape index (κ1) is 10.3. The molecule has 1 aliphatic rings. The minimum atomic E-state index is -0.573.